The van der Waals surface area contributed by atoms with Crippen LogP contribution in [0.4, 0.5) is 0 Å². The molecule has 1 amide bonds. The number of hydrogen-bond donors (Lipinski definition) is 0. The Balaban J connectivity index is 1.24. The lowest BCUT2D eigenvalue weighted by molar-refractivity contribution is -0.137. The molecule has 0 bridgehead atoms. The van der Waals surface area contributed by atoms with Gasteiger partial charge in [-0.3, -0.25) is 4.79 Å². The van der Waals surface area contributed by atoms with Crippen LogP contribution in [0.15, 0.2) is 34.5 Å². The van der Waals surface area contributed by atoms with Gasteiger partial charge in [0.2, 0.25) is 15.9 Å². The van der Waals surface area contributed by atoms with Crippen LogP contribution in [0.2, 0.25) is 0 Å². The molecule has 2 aromatic rings. The second-order valence-corrected chi connectivity index (χ2v) is 11.3. The molecule has 29 heavy (non-hydrogen) atoms. The predicted molar refractivity (Wildman–Crippen MR) is 113 cm³/mol. The Morgan fingerprint density at radius 3 is 2.59 bits per heavy atom. The molecule has 5 nitrogen and oxygen atoms in total. The van der Waals surface area contributed by atoms with Gasteiger partial charge in [0.25, 0.3) is 0 Å². The second-order valence-electron chi connectivity index (χ2n) is 8.34. The van der Waals surface area contributed by atoms with Crippen molar-refractivity contribution in [3.05, 3.63) is 51.2 Å². The van der Waals surface area contributed by atoms with Gasteiger partial charge in [0.1, 0.15) is 0 Å². The third-order valence-corrected chi connectivity index (χ3v) is 9.55. The van der Waals surface area contributed by atoms with E-state index in [4.69, 9.17) is 0 Å². The van der Waals surface area contributed by atoms with Crippen molar-refractivity contribution >= 4 is 27.3 Å². The van der Waals surface area contributed by atoms with Crippen molar-refractivity contribution in [3.8, 4) is 0 Å². The summed E-state index contributed by atoms with van der Waals surface area (Å²) in [6, 6.07) is 7.70. The van der Waals surface area contributed by atoms with E-state index in [0.29, 0.717) is 37.4 Å². The van der Waals surface area contributed by atoms with Crippen molar-refractivity contribution in [2.75, 3.05) is 19.6 Å². The molecule has 0 unspecified atom stereocenters. The van der Waals surface area contributed by atoms with Gasteiger partial charge in [-0.05, 0) is 78.8 Å². The molecular formula is C22H26N2O3S2. The summed E-state index contributed by atoms with van der Waals surface area (Å²) in [4.78, 5) is 16.8. The van der Waals surface area contributed by atoms with Crippen LogP contribution < -0.4 is 0 Å². The number of hydrogen-bond acceptors (Lipinski definition) is 4. The lowest BCUT2D eigenvalue weighted by atomic mass is 9.95. The summed E-state index contributed by atoms with van der Waals surface area (Å²) >= 11 is 1.77. The summed E-state index contributed by atoms with van der Waals surface area (Å²) in [6.07, 6.45) is 5.27. The van der Waals surface area contributed by atoms with E-state index >= 15 is 0 Å². The lowest BCUT2D eigenvalue weighted by Crippen LogP contribution is -2.45. The normalized spacial score (nSPS) is 20.5. The van der Waals surface area contributed by atoms with E-state index in [9.17, 15) is 13.2 Å². The number of carbonyl (C=O) groups is 1. The summed E-state index contributed by atoms with van der Waals surface area (Å²) in [5.41, 5.74) is 3.73. The van der Waals surface area contributed by atoms with Gasteiger partial charge in [-0.15, -0.1) is 11.3 Å². The van der Waals surface area contributed by atoms with Crippen molar-refractivity contribution in [1.82, 2.24) is 9.21 Å². The minimum absolute atomic E-state index is 0.0679. The Bertz CT molecular complexity index is 1040. The number of aryl methyl sites for hydroxylation is 2. The van der Waals surface area contributed by atoms with E-state index in [2.05, 4.69) is 11.4 Å². The van der Waals surface area contributed by atoms with Gasteiger partial charge in [0.15, 0.2) is 0 Å². The lowest BCUT2D eigenvalue weighted by Gasteiger charge is -2.35. The minimum atomic E-state index is -3.48. The van der Waals surface area contributed by atoms with Crippen molar-refractivity contribution in [1.29, 1.82) is 0 Å². The molecule has 1 aromatic heterocycles. The van der Waals surface area contributed by atoms with Gasteiger partial charge in [0, 0.05) is 37.0 Å². The van der Waals surface area contributed by atoms with Crippen molar-refractivity contribution < 1.29 is 13.2 Å². The Morgan fingerprint density at radius 1 is 0.966 bits per heavy atom. The first kappa shape index (κ1) is 19.3. The summed E-state index contributed by atoms with van der Waals surface area (Å²) < 4.78 is 27.8. The average molecular weight is 431 g/mol. The smallest absolute Gasteiger partial charge is 0.243 e. The SMILES string of the molecule is O=C(C1CCN(S(=O)(=O)c2ccc3c(c2)CCC3)CC1)N1CCc2sccc2C1. The zero-order valence-corrected chi connectivity index (χ0v) is 18.1. The number of carbonyl (C=O) groups excluding carboxylic acids is 1. The number of fused-ring (bicyclic) bond motifs is 2. The van der Waals surface area contributed by atoms with E-state index in [-0.39, 0.29) is 11.8 Å². The molecule has 1 saturated heterocycles. The number of amides is 1. The maximum Gasteiger partial charge on any atom is 0.243 e. The quantitative estimate of drug-likeness (QED) is 0.751. The van der Waals surface area contributed by atoms with Crippen LogP contribution in [-0.4, -0.2) is 43.2 Å². The molecule has 154 valence electrons. The van der Waals surface area contributed by atoms with Crippen LogP contribution in [-0.2, 0) is 40.6 Å². The highest BCUT2D eigenvalue weighted by atomic mass is 32.2. The van der Waals surface area contributed by atoms with Gasteiger partial charge in [-0.2, -0.15) is 4.31 Å². The monoisotopic (exact) mass is 430 g/mol. The molecule has 5 rings (SSSR count). The maximum absolute atomic E-state index is 13.1. The highest BCUT2D eigenvalue weighted by Gasteiger charge is 2.35. The predicted octanol–water partition coefficient (Wildman–Crippen LogP) is 3.22. The molecule has 3 heterocycles. The van der Waals surface area contributed by atoms with E-state index in [1.165, 1.54) is 21.6 Å². The molecule has 0 spiro atoms. The molecule has 3 aliphatic rings. The summed E-state index contributed by atoms with van der Waals surface area (Å²) in [6.45, 7) is 2.33. The molecule has 0 saturated carbocycles. The maximum atomic E-state index is 13.1. The highest BCUT2D eigenvalue weighted by Crippen LogP contribution is 2.30. The first-order chi connectivity index (χ1) is 14.0. The van der Waals surface area contributed by atoms with Gasteiger partial charge in [0.05, 0.1) is 4.90 Å². The summed E-state index contributed by atoms with van der Waals surface area (Å²) in [5, 5.41) is 2.10. The Labute approximate surface area is 176 Å². The largest absolute Gasteiger partial charge is 0.338 e. The van der Waals surface area contributed by atoms with Crippen molar-refractivity contribution in [2.45, 2.75) is 50.0 Å². The van der Waals surface area contributed by atoms with Gasteiger partial charge >= 0.3 is 0 Å². The van der Waals surface area contributed by atoms with Crippen LogP contribution >= 0.6 is 11.3 Å². The number of thiophene rings is 1. The molecule has 0 atom stereocenters. The Kier molecular flexibility index (Phi) is 5.00. The standard InChI is InChI=1S/C22H26N2O3S2/c25-22(23-10-8-21-19(15-23)9-13-28-21)17-6-11-24(12-7-17)29(26,27)20-5-4-16-2-1-3-18(16)14-20/h4-5,9,13-14,17H,1-3,6-8,10-12,15H2. The molecule has 1 aliphatic carbocycles. The first-order valence-electron chi connectivity index (χ1n) is 10.5. The number of rotatable bonds is 3. The number of nitrogens with zero attached hydrogens (tertiary/aromatic N) is 2. The Hall–Kier alpha value is -1.70. The van der Waals surface area contributed by atoms with Crippen LogP contribution in [0.5, 0.6) is 0 Å². The van der Waals surface area contributed by atoms with Gasteiger partial charge in [-0.25, -0.2) is 8.42 Å². The topological polar surface area (TPSA) is 57.7 Å². The fraction of sp³-hybridized carbons (Fsp3) is 0.500. The second kappa shape index (κ2) is 7.52. The summed E-state index contributed by atoms with van der Waals surface area (Å²) in [7, 11) is -3.48. The molecule has 1 fully saturated rings. The van der Waals surface area contributed by atoms with Crippen LogP contribution in [0.1, 0.15) is 40.8 Å². The molecule has 2 aliphatic heterocycles. The van der Waals surface area contributed by atoms with Crippen LogP contribution in [0, 0.1) is 5.92 Å². The average Bonchev–Trinajstić information content (AvgIpc) is 3.41. The minimum Gasteiger partial charge on any atom is -0.338 e. The van der Waals surface area contributed by atoms with E-state index in [1.54, 1.807) is 21.7 Å². The molecule has 0 N–H and O–H groups in total. The van der Waals surface area contributed by atoms with Gasteiger partial charge in [-0.1, -0.05) is 6.07 Å². The van der Waals surface area contributed by atoms with E-state index < -0.39 is 10.0 Å². The first-order valence-corrected chi connectivity index (χ1v) is 12.8. The van der Waals surface area contributed by atoms with Crippen molar-refractivity contribution in [3.63, 3.8) is 0 Å². The molecule has 7 heteroatoms. The summed E-state index contributed by atoms with van der Waals surface area (Å²) in [5.74, 6) is 0.123. The third-order valence-electron chi connectivity index (χ3n) is 6.63. The fourth-order valence-corrected chi connectivity index (χ4v) is 7.31. The Morgan fingerprint density at radius 2 is 1.76 bits per heavy atom. The van der Waals surface area contributed by atoms with E-state index in [1.807, 2.05) is 17.0 Å². The van der Waals surface area contributed by atoms with Crippen LogP contribution in [0.3, 0.4) is 0 Å². The van der Waals surface area contributed by atoms with Crippen LogP contribution in [0.25, 0.3) is 0 Å². The van der Waals surface area contributed by atoms with Crippen molar-refractivity contribution in [2.24, 2.45) is 5.92 Å². The van der Waals surface area contributed by atoms with Gasteiger partial charge < -0.3 is 4.90 Å². The zero-order chi connectivity index (χ0) is 20.0. The van der Waals surface area contributed by atoms with E-state index in [0.717, 1.165) is 32.2 Å². The zero-order valence-electron chi connectivity index (χ0n) is 16.5. The molecule has 1 aromatic carbocycles. The fourth-order valence-electron chi connectivity index (χ4n) is 4.90. The molecule has 0 radical (unpaired) electrons. The number of piperidine rings is 1. The third kappa shape index (κ3) is 3.53. The number of benzene rings is 1. The molecular weight excluding hydrogens is 404 g/mol. The highest BCUT2D eigenvalue weighted by molar-refractivity contribution is 7.89. The number of sulfonamides is 1.